The number of hydrogen-bond donors (Lipinski definition) is 2. The molecule has 0 aliphatic carbocycles. The zero-order chi connectivity index (χ0) is 14.4. The van der Waals surface area contributed by atoms with Crippen molar-refractivity contribution in [2.45, 2.75) is 19.3 Å². The van der Waals surface area contributed by atoms with Crippen LogP contribution in [0.3, 0.4) is 0 Å². The van der Waals surface area contributed by atoms with Gasteiger partial charge < -0.3 is 14.9 Å². The lowest BCUT2D eigenvalue weighted by atomic mass is 10.1. The first-order valence-corrected chi connectivity index (χ1v) is 6.42. The van der Waals surface area contributed by atoms with Crippen LogP contribution in [0, 0.1) is 0 Å². The van der Waals surface area contributed by atoms with Crippen LogP contribution in [0.2, 0.25) is 0 Å². The minimum absolute atomic E-state index is 0.0954. The molecule has 0 spiro atoms. The van der Waals surface area contributed by atoms with Crippen LogP contribution in [0.5, 0.6) is 17.2 Å². The Bertz CT molecular complexity index is 575. The third-order valence-electron chi connectivity index (χ3n) is 2.87. The summed E-state index contributed by atoms with van der Waals surface area (Å²) >= 11 is 0. The topological polar surface area (TPSA) is 66.8 Å². The lowest BCUT2D eigenvalue weighted by Crippen LogP contribution is -1.95. The van der Waals surface area contributed by atoms with Crippen LogP contribution >= 0.6 is 0 Å². The molecule has 0 bridgehead atoms. The Morgan fingerprint density at radius 2 is 1.75 bits per heavy atom. The monoisotopic (exact) mass is 272 g/mol. The molecular formula is C16H16O4. The van der Waals surface area contributed by atoms with Gasteiger partial charge in [-0.3, -0.25) is 4.79 Å². The molecule has 2 aromatic rings. The van der Waals surface area contributed by atoms with Gasteiger partial charge in [0.2, 0.25) is 0 Å². The average molecular weight is 272 g/mol. The Labute approximate surface area is 117 Å². The second kappa shape index (κ2) is 6.61. The number of hydrogen-bond acceptors (Lipinski definition) is 3. The Balaban J connectivity index is 1.95. The maximum absolute atomic E-state index is 10.4. The highest BCUT2D eigenvalue weighted by molar-refractivity contribution is 5.66. The van der Waals surface area contributed by atoms with Crippen LogP contribution in [-0.2, 0) is 11.2 Å². The minimum Gasteiger partial charge on any atom is -0.504 e. The molecule has 0 heterocycles. The third-order valence-corrected chi connectivity index (χ3v) is 2.87. The molecule has 0 saturated heterocycles. The van der Waals surface area contributed by atoms with E-state index in [2.05, 4.69) is 0 Å². The first kappa shape index (κ1) is 13.9. The summed E-state index contributed by atoms with van der Waals surface area (Å²) in [6.45, 7) is 0. The molecule has 0 saturated carbocycles. The molecule has 0 atom stereocenters. The van der Waals surface area contributed by atoms with E-state index in [-0.39, 0.29) is 12.2 Å². The van der Waals surface area contributed by atoms with E-state index in [1.54, 1.807) is 24.3 Å². The van der Waals surface area contributed by atoms with Crippen molar-refractivity contribution in [2.75, 3.05) is 0 Å². The van der Waals surface area contributed by atoms with Crippen LogP contribution in [0.1, 0.15) is 18.4 Å². The fourth-order valence-corrected chi connectivity index (χ4v) is 1.84. The van der Waals surface area contributed by atoms with Gasteiger partial charge in [0.15, 0.2) is 11.5 Å². The fourth-order valence-electron chi connectivity index (χ4n) is 1.84. The summed E-state index contributed by atoms with van der Waals surface area (Å²) in [5.74, 6) is 0.363. The molecule has 0 aliphatic heterocycles. The zero-order valence-corrected chi connectivity index (χ0v) is 11.0. The number of rotatable bonds is 6. The van der Waals surface area contributed by atoms with Gasteiger partial charge in [0.05, 0.1) is 0 Å². The van der Waals surface area contributed by atoms with E-state index in [4.69, 9.17) is 9.84 Å². The van der Waals surface area contributed by atoms with Crippen molar-refractivity contribution >= 4 is 5.97 Å². The lowest BCUT2D eigenvalue weighted by Gasteiger charge is -2.08. The standard InChI is InChI=1S/C16H16O4/c17-14-5-1-2-6-15(14)20-13-10-8-12(9-11-13)4-3-7-16(18)19/h1-2,5-6,8-11,17H,3-4,7H2,(H,18,19). The van der Waals surface area contributed by atoms with Crippen LogP contribution in [0.4, 0.5) is 0 Å². The molecule has 0 amide bonds. The first-order valence-electron chi connectivity index (χ1n) is 6.42. The van der Waals surface area contributed by atoms with Crippen LogP contribution < -0.4 is 4.74 Å². The summed E-state index contributed by atoms with van der Waals surface area (Å²) in [6, 6.07) is 14.2. The number of phenols is 1. The molecule has 4 nitrogen and oxygen atoms in total. The molecule has 2 N–H and O–H groups in total. The zero-order valence-electron chi connectivity index (χ0n) is 11.0. The van der Waals surface area contributed by atoms with Crippen LogP contribution in [-0.4, -0.2) is 16.2 Å². The average Bonchev–Trinajstić information content (AvgIpc) is 2.43. The van der Waals surface area contributed by atoms with Crippen molar-refractivity contribution in [3.63, 3.8) is 0 Å². The van der Waals surface area contributed by atoms with Crippen molar-refractivity contribution in [1.29, 1.82) is 0 Å². The molecule has 0 radical (unpaired) electrons. The summed E-state index contributed by atoms with van der Waals surface area (Å²) in [5, 5.41) is 18.2. The third kappa shape index (κ3) is 4.02. The maximum atomic E-state index is 10.4. The smallest absolute Gasteiger partial charge is 0.303 e. The van der Waals surface area contributed by atoms with E-state index in [0.717, 1.165) is 12.0 Å². The van der Waals surface area contributed by atoms with Gasteiger partial charge in [-0.05, 0) is 42.7 Å². The number of aliphatic carboxylic acids is 1. The van der Waals surface area contributed by atoms with Gasteiger partial charge in [-0.15, -0.1) is 0 Å². The summed E-state index contributed by atoms with van der Waals surface area (Å²) in [7, 11) is 0. The number of phenolic OH excluding ortho intramolecular Hbond substituents is 1. The summed E-state index contributed by atoms with van der Waals surface area (Å²) in [6.07, 6.45) is 1.52. The van der Waals surface area contributed by atoms with Crippen LogP contribution in [0.25, 0.3) is 0 Å². The van der Waals surface area contributed by atoms with Gasteiger partial charge in [0.1, 0.15) is 5.75 Å². The van der Waals surface area contributed by atoms with Crippen molar-refractivity contribution in [3.8, 4) is 17.2 Å². The number of aryl methyl sites for hydroxylation is 1. The van der Waals surface area contributed by atoms with E-state index in [1.807, 2.05) is 24.3 Å². The number of carboxylic acids is 1. The van der Waals surface area contributed by atoms with E-state index in [0.29, 0.717) is 17.9 Å². The van der Waals surface area contributed by atoms with E-state index in [9.17, 15) is 9.90 Å². The van der Waals surface area contributed by atoms with Gasteiger partial charge in [-0.1, -0.05) is 24.3 Å². The quantitative estimate of drug-likeness (QED) is 0.843. The number of carbonyl (C=O) groups is 1. The van der Waals surface area contributed by atoms with Crippen molar-refractivity contribution in [1.82, 2.24) is 0 Å². The summed E-state index contributed by atoms with van der Waals surface area (Å²) in [5.41, 5.74) is 1.07. The molecule has 20 heavy (non-hydrogen) atoms. The van der Waals surface area contributed by atoms with Crippen molar-refractivity contribution in [3.05, 3.63) is 54.1 Å². The predicted molar refractivity (Wildman–Crippen MR) is 75.2 cm³/mol. The van der Waals surface area contributed by atoms with Gasteiger partial charge in [-0.2, -0.15) is 0 Å². The highest BCUT2D eigenvalue weighted by atomic mass is 16.5. The molecule has 104 valence electrons. The summed E-state index contributed by atoms with van der Waals surface area (Å²) < 4.78 is 5.56. The van der Waals surface area contributed by atoms with E-state index in [1.165, 1.54) is 0 Å². The molecule has 0 unspecified atom stereocenters. The Hall–Kier alpha value is -2.49. The molecule has 0 aromatic heterocycles. The van der Waals surface area contributed by atoms with Gasteiger partial charge in [0, 0.05) is 6.42 Å². The fraction of sp³-hybridized carbons (Fsp3) is 0.188. The molecule has 0 aliphatic rings. The Morgan fingerprint density at radius 3 is 2.40 bits per heavy atom. The number of para-hydroxylation sites is 2. The number of benzene rings is 2. The lowest BCUT2D eigenvalue weighted by molar-refractivity contribution is -0.137. The molecular weight excluding hydrogens is 256 g/mol. The van der Waals surface area contributed by atoms with E-state index >= 15 is 0 Å². The molecule has 2 aromatic carbocycles. The predicted octanol–water partition coefficient (Wildman–Crippen LogP) is 3.59. The van der Waals surface area contributed by atoms with Crippen molar-refractivity contribution in [2.24, 2.45) is 0 Å². The largest absolute Gasteiger partial charge is 0.504 e. The van der Waals surface area contributed by atoms with Gasteiger partial charge in [0.25, 0.3) is 0 Å². The second-order valence-corrected chi connectivity index (χ2v) is 4.46. The Kier molecular flexibility index (Phi) is 4.60. The minimum atomic E-state index is -0.774. The summed E-state index contributed by atoms with van der Waals surface area (Å²) in [4.78, 5) is 10.4. The maximum Gasteiger partial charge on any atom is 0.303 e. The molecule has 4 heteroatoms. The van der Waals surface area contributed by atoms with Gasteiger partial charge in [-0.25, -0.2) is 0 Å². The highest BCUT2D eigenvalue weighted by Gasteiger charge is 2.03. The first-order chi connectivity index (χ1) is 9.65. The van der Waals surface area contributed by atoms with Crippen LogP contribution in [0.15, 0.2) is 48.5 Å². The normalized spacial score (nSPS) is 10.2. The SMILES string of the molecule is O=C(O)CCCc1ccc(Oc2ccccc2O)cc1. The molecule has 0 fully saturated rings. The van der Waals surface area contributed by atoms with Crippen molar-refractivity contribution < 1.29 is 19.7 Å². The van der Waals surface area contributed by atoms with Gasteiger partial charge >= 0.3 is 5.97 Å². The molecule has 2 rings (SSSR count). The number of ether oxygens (including phenoxy) is 1. The number of carboxylic acid groups (broad SMARTS) is 1. The van der Waals surface area contributed by atoms with E-state index < -0.39 is 5.97 Å². The second-order valence-electron chi connectivity index (χ2n) is 4.46. The number of aromatic hydroxyl groups is 1. The highest BCUT2D eigenvalue weighted by Crippen LogP contribution is 2.29. The Morgan fingerprint density at radius 1 is 1.05 bits per heavy atom.